The highest BCUT2D eigenvalue weighted by molar-refractivity contribution is 7.92. The number of benzene rings is 3. The molecule has 0 spiro atoms. The van der Waals surface area contributed by atoms with E-state index in [2.05, 4.69) is 5.32 Å². The molecule has 0 saturated carbocycles. The zero-order valence-corrected chi connectivity index (χ0v) is 19.7. The van der Waals surface area contributed by atoms with E-state index in [9.17, 15) is 18.0 Å². The molecule has 3 aromatic carbocycles. The second kappa shape index (κ2) is 10.5. The van der Waals surface area contributed by atoms with Crippen LogP contribution in [0.5, 0.6) is 0 Å². The Bertz CT molecular complexity index is 1250. The van der Waals surface area contributed by atoms with Gasteiger partial charge in [-0.1, -0.05) is 47.5 Å². The van der Waals surface area contributed by atoms with Crippen LogP contribution in [0.15, 0.2) is 77.7 Å². The zero-order valence-electron chi connectivity index (χ0n) is 18.1. The molecule has 3 aromatic rings. The second-order valence-corrected chi connectivity index (χ2v) is 9.39. The van der Waals surface area contributed by atoms with Crippen LogP contribution in [0.25, 0.3) is 0 Å². The summed E-state index contributed by atoms with van der Waals surface area (Å²) in [7, 11) is -4.01. The second-order valence-electron chi connectivity index (χ2n) is 7.12. The van der Waals surface area contributed by atoms with Gasteiger partial charge in [-0.05, 0) is 56.3 Å². The first-order chi connectivity index (χ1) is 15.7. The summed E-state index contributed by atoms with van der Waals surface area (Å²) < 4.78 is 32.6. The lowest BCUT2D eigenvalue weighted by Crippen LogP contribution is -2.38. The van der Waals surface area contributed by atoms with Crippen LogP contribution >= 0.6 is 11.6 Å². The van der Waals surface area contributed by atoms with E-state index in [0.29, 0.717) is 5.69 Å². The van der Waals surface area contributed by atoms with E-state index in [-0.39, 0.29) is 27.8 Å². The molecule has 0 aliphatic rings. The predicted molar refractivity (Wildman–Crippen MR) is 128 cm³/mol. The number of aryl methyl sites for hydroxylation is 1. The molecule has 0 unspecified atom stereocenters. The Morgan fingerprint density at radius 3 is 2.27 bits per heavy atom. The summed E-state index contributed by atoms with van der Waals surface area (Å²) >= 11 is 6.22. The van der Waals surface area contributed by atoms with Gasteiger partial charge >= 0.3 is 5.97 Å². The summed E-state index contributed by atoms with van der Waals surface area (Å²) in [6.07, 6.45) is 0. The van der Waals surface area contributed by atoms with Gasteiger partial charge in [0, 0.05) is 0 Å². The van der Waals surface area contributed by atoms with Gasteiger partial charge in [-0.3, -0.25) is 9.10 Å². The fourth-order valence-corrected chi connectivity index (χ4v) is 4.69. The van der Waals surface area contributed by atoms with Crippen LogP contribution in [-0.2, 0) is 19.6 Å². The van der Waals surface area contributed by atoms with Crippen LogP contribution in [0.4, 0.5) is 11.4 Å². The van der Waals surface area contributed by atoms with Gasteiger partial charge in [0.1, 0.15) is 6.54 Å². The maximum Gasteiger partial charge on any atom is 0.338 e. The highest BCUT2D eigenvalue weighted by Crippen LogP contribution is 2.26. The molecule has 7 nitrogen and oxygen atoms in total. The molecule has 172 valence electrons. The molecule has 0 heterocycles. The van der Waals surface area contributed by atoms with E-state index in [0.717, 1.165) is 9.87 Å². The number of nitrogens with zero attached hydrogens (tertiary/aromatic N) is 1. The summed E-state index contributed by atoms with van der Waals surface area (Å²) in [5.41, 5.74) is 1.79. The monoisotopic (exact) mass is 486 g/mol. The lowest BCUT2D eigenvalue weighted by molar-refractivity contribution is -0.114. The van der Waals surface area contributed by atoms with Crippen molar-refractivity contribution in [2.45, 2.75) is 18.7 Å². The first-order valence-electron chi connectivity index (χ1n) is 10.1. The Labute approximate surface area is 198 Å². The molecule has 0 aromatic heterocycles. The third kappa shape index (κ3) is 5.91. The minimum atomic E-state index is -4.01. The van der Waals surface area contributed by atoms with Crippen molar-refractivity contribution in [2.24, 2.45) is 0 Å². The van der Waals surface area contributed by atoms with Gasteiger partial charge in [-0.2, -0.15) is 0 Å². The molecule has 0 saturated heterocycles. The minimum Gasteiger partial charge on any atom is -0.462 e. The number of amides is 1. The van der Waals surface area contributed by atoms with Gasteiger partial charge in [-0.15, -0.1) is 0 Å². The van der Waals surface area contributed by atoms with Gasteiger partial charge in [0.25, 0.3) is 10.0 Å². The van der Waals surface area contributed by atoms with Crippen molar-refractivity contribution in [3.63, 3.8) is 0 Å². The molecular weight excluding hydrogens is 464 g/mol. The van der Waals surface area contributed by atoms with Crippen molar-refractivity contribution in [2.75, 3.05) is 22.8 Å². The van der Waals surface area contributed by atoms with E-state index in [1.54, 1.807) is 49.4 Å². The van der Waals surface area contributed by atoms with Crippen molar-refractivity contribution in [3.8, 4) is 0 Å². The Hall–Kier alpha value is -3.36. The number of esters is 1. The highest BCUT2D eigenvalue weighted by atomic mass is 35.5. The summed E-state index contributed by atoms with van der Waals surface area (Å²) in [5, 5.41) is 2.74. The molecule has 0 bridgehead atoms. The average Bonchev–Trinajstić information content (AvgIpc) is 2.80. The van der Waals surface area contributed by atoms with E-state index in [4.69, 9.17) is 16.3 Å². The van der Waals surface area contributed by atoms with Crippen molar-refractivity contribution >= 4 is 44.9 Å². The molecule has 1 N–H and O–H groups in total. The van der Waals surface area contributed by atoms with Gasteiger partial charge in [0.15, 0.2) is 0 Å². The van der Waals surface area contributed by atoms with E-state index >= 15 is 0 Å². The number of halogens is 1. The number of anilines is 2. The van der Waals surface area contributed by atoms with Crippen molar-refractivity contribution in [3.05, 3.63) is 88.9 Å². The number of rotatable bonds is 8. The minimum absolute atomic E-state index is 0.0650. The third-order valence-electron chi connectivity index (χ3n) is 4.69. The Morgan fingerprint density at radius 1 is 1.00 bits per heavy atom. The fourth-order valence-electron chi connectivity index (χ4n) is 3.02. The maximum atomic E-state index is 13.3. The average molecular weight is 487 g/mol. The summed E-state index contributed by atoms with van der Waals surface area (Å²) in [6, 6.07) is 19.0. The quantitative estimate of drug-likeness (QED) is 0.467. The lowest BCUT2D eigenvalue weighted by atomic mass is 10.2. The van der Waals surface area contributed by atoms with Crippen LogP contribution in [-0.4, -0.2) is 33.4 Å². The number of hydrogen-bond donors (Lipinski definition) is 1. The van der Waals surface area contributed by atoms with Crippen LogP contribution in [0.3, 0.4) is 0 Å². The zero-order chi connectivity index (χ0) is 24.0. The Balaban J connectivity index is 1.87. The standard InChI is InChI=1S/C24H23ClN2O5S/c1-3-32-24(29)18-11-14-22(21(25)15-18)26-23(28)16-27(19-12-9-17(2)10-13-19)33(30,31)20-7-5-4-6-8-20/h4-15H,3,16H2,1-2H3,(H,26,28). The Kier molecular flexibility index (Phi) is 7.73. The van der Waals surface area contributed by atoms with Crippen LogP contribution in [0.1, 0.15) is 22.8 Å². The van der Waals surface area contributed by atoms with E-state index < -0.39 is 28.4 Å². The van der Waals surface area contributed by atoms with Crippen molar-refractivity contribution in [1.29, 1.82) is 0 Å². The van der Waals surface area contributed by atoms with Gasteiger partial charge in [0.05, 0.1) is 33.5 Å². The first-order valence-corrected chi connectivity index (χ1v) is 11.9. The molecule has 0 aliphatic carbocycles. The summed E-state index contributed by atoms with van der Waals surface area (Å²) in [4.78, 5) is 24.8. The fraction of sp³-hybridized carbons (Fsp3) is 0.167. The summed E-state index contributed by atoms with van der Waals surface area (Å²) in [6.45, 7) is 3.32. The van der Waals surface area contributed by atoms with E-state index in [1.807, 2.05) is 6.92 Å². The van der Waals surface area contributed by atoms with Crippen LogP contribution in [0, 0.1) is 6.92 Å². The van der Waals surface area contributed by atoms with Gasteiger partial charge in [0.2, 0.25) is 5.91 Å². The molecule has 3 rings (SSSR count). The normalized spacial score (nSPS) is 11.0. The third-order valence-corrected chi connectivity index (χ3v) is 6.80. The molecule has 0 radical (unpaired) electrons. The SMILES string of the molecule is CCOC(=O)c1ccc(NC(=O)CN(c2ccc(C)cc2)S(=O)(=O)c2ccccc2)c(Cl)c1. The molecular formula is C24H23ClN2O5S. The smallest absolute Gasteiger partial charge is 0.338 e. The predicted octanol–water partition coefficient (Wildman–Crippen LogP) is 4.66. The van der Waals surface area contributed by atoms with Crippen molar-refractivity contribution in [1.82, 2.24) is 0 Å². The number of carbonyl (C=O) groups is 2. The molecule has 9 heteroatoms. The Morgan fingerprint density at radius 2 is 1.67 bits per heavy atom. The van der Waals surface area contributed by atoms with Gasteiger partial charge < -0.3 is 10.1 Å². The molecule has 1 amide bonds. The van der Waals surface area contributed by atoms with E-state index in [1.165, 1.54) is 30.3 Å². The largest absolute Gasteiger partial charge is 0.462 e. The summed E-state index contributed by atoms with van der Waals surface area (Å²) in [5.74, 6) is -1.13. The molecule has 0 aliphatic heterocycles. The van der Waals surface area contributed by atoms with Crippen molar-refractivity contribution < 1.29 is 22.7 Å². The van der Waals surface area contributed by atoms with Crippen LogP contribution in [0.2, 0.25) is 5.02 Å². The number of carbonyl (C=O) groups excluding carboxylic acids is 2. The molecule has 0 atom stereocenters. The number of sulfonamides is 1. The number of ether oxygens (including phenoxy) is 1. The molecule has 33 heavy (non-hydrogen) atoms. The first kappa shape index (κ1) is 24.3. The molecule has 0 fully saturated rings. The maximum absolute atomic E-state index is 13.3. The highest BCUT2D eigenvalue weighted by Gasteiger charge is 2.27. The number of nitrogens with one attached hydrogen (secondary N) is 1. The topological polar surface area (TPSA) is 92.8 Å². The van der Waals surface area contributed by atoms with Crippen LogP contribution < -0.4 is 9.62 Å². The lowest BCUT2D eigenvalue weighted by Gasteiger charge is -2.24. The number of hydrogen-bond acceptors (Lipinski definition) is 5. The van der Waals surface area contributed by atoms with Gasteiger partial charge in [-0.25, -0.2) is 13.2 Å².